The van der Waals surface area contributed by atoms with E-state index in [4.69, 9.17) is 10.8 Å². The summed E-state index contributed by atoms with van der Waals surface area (Å²) in [4.78, 5) is 47.1. The number of thiol groups is 1. The molecule has 4 atom stereocenters. The number of aliphatic hydroxyl groups is 1. The lowest BCUT2D eigenvalue weighted by molar-refractivity contribution is -0.137. The molecule has 0 saturated carbocycles. The third-order valence-corrected chi connectivity index (χ3v) is 4.34. The van der Waals surface area contributed by atoms with E-state index >= 15 is 0 Å². The zero-order chi connectivity index (χ0) is 22.1. The van der Waals surface area contributed by atoms with Gasteiger partial charge in [0, 0.05) is 12.8 Å². The second kappa shape index (κ2) is 11.4. The molecule has 0 heterocycles. The van der Waals surface area contributed by atoms with Gasteiger partial charge in [-0.25, -0.2) is 0 Å². The molecule has 0 aliphatic heterocycles. The fourth-order valence-electron chi connectivity index (χ4n) is 2.41. The van der Waals surface area contributed by atoms with Gasteiger partial charge in [-0.2, -0.15) is 0 Å². The van der Waals surface area contributed by atoms with E-state index in [1.54, 1.807) is 12.1 Å². The molecule has 10 nitrogen and oxygen atoms in total. The summed E-state index contributed by atoms with van der Waals surface area (Å²) in [6.07, 6.45) is -1.66. The molecule has 0 bridgehead atoms. The van der Waals surface area contributed by atoms with E-state index in [0.29, 0.717) is 5.56 Å². The summed E-state index contributed by atoms with van der Waals surface area (Å²) < 4.78 is 0. The highest BCUT2D eigenvalue weighted by molar-refractivity contribution is 7.96. The highest BCUT2D eigenvalue weighted by Gasteiger charge is 2.29. The summed E-state index contributed by atoms with van der Waals surface area (Å²) in [5, 5.41) is 31.7. The van der Waals surface area contributed by atoms with Crippen LogP contribution in [-0.2, 0) is 25.6 Å². The van der Waals surface area contributed by atoms with Crippen molar-refractivity contribution in [3.63, 3.8) is 0 Å². The number of carbonyl (C=O) groups is 4. The molecule has 160 valence electrons. The summed E-state index contributed by atoms with van der Waals surface area (Å²) in [7, 11) is 0. The number of carbonyl (C=O) groups excluding carboxylic acids is 3. The smallest absolute Gasteiger partial charge is 0.303 e. The van der Waals surface area contributed by atoms with Crippen molar-refractivity contribution in [3.8, 4) is 5.75 Å². The molecule has 0 spiro atoms. The first kappa shape index (κ1) is 24.4. The van der Waals surface area contributed by atoms with Crippen LogP contribution in [0.15, 0.2) is 24.3 Å². The van der Waals surface area contributed by atoms with Gasteiger partial charge in [0.2, 0.25) is 16.9 Å². The van der Waals surface area contributed by atoms with E-state index in [1.807, 2.05) is 0 Å². The van der Waals surface area contributed by atoms with Crippen LogP contribution in [0, 0.1) is 0 Å². The van der Waals surface area contributed by atoms with Gasteiger partial charge in [-0.1, -0.05) is 12.1 Å². The number of nitrogens with one attached hydrogen (secondary N) is 2. The maximum atomic E-state index is 12.7. The second-order valence-electron chi connectivity index (χ2n) is 6.54. The second-order valence-corrected chi connectivity index (χ2v) is 6.98. The summed E-state index contributed by atoms with van der Waals surface area (Å²) in [5.41, 5.74) is 6.27. The number of hydrogen-bond donors (Lipinski definition) is 7. The van der Waals surface area contributed by atoms with E-state index in [-0.39, 0.29) is 25.0 Å². The van der Waals surface area contributed by atoms with Gasteiger partial charge in [0.25, 0.3) is 0 Å². The van der Waals surface area contributed by atoms with Crippen LogP contribution in [0.25, 0.3) is 0 Å². The van der Waals surface area contributed by atoms with Crippen molar-refractivity contribution in [1.29, 1.82) is 0 Å². The Morgan fingerprint density at radius 3 is 2.17 bits per heavy atom. The molecule has 0 saturated heterocycles. The first-order valence-corrected chi connectivity index (χ1v) is 9.23. The van der Waals surface area contributed by atoms with Crippen LogP contribution in [0.1, 0.15) is 25.3 Å². The zero-order valence-electron chi connectivity index (χ0n) is 15.7. The molecule has 0 unspecified atom stereocenters. The first-order valence-electron chi connectivity index (χ1n) is 8.78. The number of hydrogen-bond acceptors (Lipinski definition) is 7. The van der Waals surface area contributed by atoms with E-state index < -0.39 is 47.1 Å². The minimum atomic E-state index is -1.29. The van der Waals surface area contributed by atoms with Crippen LogP contribution in [0.4, 0.5) is 0 Å². The lowest BCUT2D eigenvalue weighted by Gasteiger charge is -2.24. The van der Waals surface area contributed by atoms with Crippen LogP contribution >= 0.6 is 12.6 Å². The Morgan fingerprint density at radius 1 is 1.10 bits per heavy atom. The van der Waals surface area contributed by atoms with E-state index in [0.717, 1.165) is 0 Å². The third kappa shape index (κ3) is 8.50. The van der Waals surface area contributed by atoms with Gasteiger partial charge >= 0.3 is 5.97 Å². The normalized spacial score (nSPS) is 14.9. The third-order valence-electron chi connectivity index (χ3n) is 4.06. The van der Waals surface area contributed by atoms with Crippen LogP contribution < -0.4 is 16.4 Å². The largest absolute Gasteiger partial charge is 0.508 e. The Kier molecular flexibility index (Phi) is 9.59. The quantitative estimate of drug-likeness (QED) is 0.218. The van der Waals surface area contributed by atoms with Crippen molar-refractivity contribution >= 4 is 35.5 Å². The highest BCUT2D eigenvalue weighted by Crippen LogP contribution is 2.12. The van der Waals surface area contributed by atoms with Crippen molar-refractivity contribution in [2.24, 2.45) is 5.73 Å². The number of carboxylic acids is 1. The van der Waals surface area contributed by atoms with Crippen LogP contribution in [-0.4, -0.2) is 62.4 Å². The highest BCUT2D eigenvalue weighted by atomic mass is 32.1. The van der Waals surface area contributed by atoms with Gasteiger partial charge < -0.3 is 31.7 Å². The number of aliphatic hydroxyl groups excluding tert-OH is 1. The summed E-state index contributed by atoms with van der Waals surface area (Å²) in [6, 6.07) is 2.29. The Morgan fingerprint density at radius 2 is 1.69 bits per heavy atom. The Hall–Kier alpha value is -2.63. The van der Waals surface area contributed by atoms with Crippen molar-refractivity contribution in [2.75, 3.05) is 0 Å². The fourth-order valence-corrected chi connectivity index (χ4v) is 2.69. The summed E-state index contributed by atoms with van der Waals surface area (Å²) >= 11 is 3.63. The average molecular weight is 427 g/mol. The number of carboxylic acid groups (broad SMARTS) is 1. The van der Waals surface area contributed by atoms with Gasteiger partial charge in [0.1, 0.15) is 17.8 Å². The number of nitrogens with two attached hydrogens (primary N) is 1. The zero-order valence-corrected chi connectivity index (χ0v) is 16.6. The van der Waals surface area contributed by atoms with Gasteiger partial charge in [-0.3, -0.25) is 19.2 Å². The molecule has 2 amide bonds. The van der Waals surface area contributed by atoms with E-state index in [1.165, 1.54) is 19.1 Å². The predicted octanol–water partition coefficient (Wildman–Crippen LogP) is -1.07. The number of phenols is 1. The van der Waals surface area contributed by atoms with Crippen LogP contribution in [0.2, 0.25) is 0 Å². The van der Waals surface area contributed by atoms with E-state index in [9.17, 15) is 29.4 Å². The number of aliphatic carboxylic acids is 1. The minimum Gasteiger partial charge on any atom is -0.508 e. The minimum absolute atomic E-state index is 0.00318. The van der Waals surface area contributed by atoms with Crippen molar-refractivity contribution < 1.29 is 34.5 Å². The fraction of sp³-hybridized carbons (Fsp3) is 0.444. The predicted molar refractivity (Wildman–Crippen MR) is 106 cm³/mol. The summed E-state index contributed by atoms with van der Waals surface area (Å²) in [5.74, 6) is -2.59. The lowest BCUT2D eigenvalue weighted by atomic mass is 10.0. The van der Waals surface area contributed by atoms with Gasteiger partial charge in [0.05, 0.1) is 12.1 Å². The molecule has 0 aliphatic carbocycles. The molecule has 1 rings (SSSR count). The van der Waals surface area contributed by atoms with Crippen molar-refractivity contribution in [3.05, 3.63) is 29.8 Å². The number of aromatic hydroxyl groups is 1. The van der Waals surface area contributed by atoms with Crippen molar-refractivity contribution in [1.82, 2.24) is 10.6 Å². The van der Waals surface area contributed by atoms with Crippen LogP contribution in [0.5, 0.6) is 5.75 Å². The lowest BCUT2D eigenvalue weighted by Crippen LogP contribution is -2.56. The maximum Gasteiger partial charge on any atom is 0.303 e. The average Bonchev–Trinajstić information content (AvgIpc) is 2.64. The molecule has 0 fully saturated rings. The van der Waals surface area contributed by atoms with Crippen molar-refractivity contribution in [2.45, 2.75) is 50.4 Å². The molecule has 1 aromatic carbocycles. The molecule has 7 N–H and O–H groups in total. The SMILES string of the molecule is C[C@@H](O)[C@H](NC(=O)[C@H](Cc1ccc(O)cc1)NC(=O)[C@@H](N)CCC(=O)O)C(=O)S. The topological polar surface area (TPSA) is 179 Å². The monoisotopic (exact) mass is 427 g/mol. The Bertz CT molecular complexity index is 739. The molecule has 11 heteroatoms. The van der Waals surface area contributed by atoms with Gasteiger partial charge in [0.15, 0.2) is 0 Å². The molecular weight excluding hydrogens is 402 g/mol. The Labute approximate surface area is 172 Å². The van der Waals surface area contributed by atoms with Gasteiger partial charge in [-0.05, 0) is 31.0 Å². The standard InChI is InChI=1S/C18H25N3O7S/c1-9(22)15(18(28)29)21-17(27)13(8-10-2-4-11(23)5-3-10)20-16(26)12(19)6-7-14(24)25/h2-5,9,12-13,15,22-23H,6-8,19H2,1H3,(H,20,26)(H,21,27)(H,24,25)(H,28,29)/t9-,12+,13+,15+/m1/s1. The van der Waals surface area contributed by atoms with E-state index in [2.05, 4.69) is 23.3 Å². The summed E-state index contributed by atoms with van der Waals surface area (Å²) in [6.45, 7) is 1.30. The number of benzene rings is 1. The molecule has 29 heavy (non-hydrogen) atoms. The Balaban J connectivity index is 2.96. The molecule has 0 radical (unpaired) electrons. The number of phenolic OH excluding ortho intramolecular Hbond substituents is 1. The molecule has 0 aromatic heterocycles. The number of amides is 2. The maximum absolute atomic E-state index is 12.7. The number of rotatable bonds is 11. The molecular formula is C18H25N3O7S. The molecule has 0 aliphatic rings. The van der Waals surface area contributed by atoms with Crippen LogP contribution in [0.3, 0.4) is 0 Å². The first-order chi connectivity index (χ1) is 13.5. The van der Waals surface area contributed by atoms with Gasteiger partial charge in [-0.15, -0.1) is 12.6 Å². The molecule has 1 aromatic rings.